The van der Waals surface area contributed by atoms with Crippen molar-refractivity contribution in [3.8, 4) is 0 Å². The first-order valence-electron chi connectivity index (χ1n) is 9.04. The van der Waals surface area contributed by atoms with E-state index in [9.17, 15) is 18.0 Å². The van der Waals surface area contributed by atoms with Crippen LogP contribution in [0.2, 0.25) is 0 Å². The third kappa shape index (κ3) is 4.51. The van der Waals surface area contributed by atoms with E-state index in [1.807, 2.05) is 0 Å². The zero-order chi connectivity index (χ0) is 18.0. The lowest BCUT2D eigenvalue weighted by Crippen LogP contribution is -2.61. The summed E-state index contributed by atoms with van der Waals surface area (Å²) >= 11 is 0. The second-order valence-electron chi connectivity index (χ2n) is 7.32. The van der Waals surface area contributed by atoms with Crippen LogP contribution in [0.4, 0.5) is 0 Å². The van der Waals surface area contributed by atoms with E-state index in [0.717, 1.165) is 19.6 Å². The van der Waals surface area contributed by atoms with Gasteiger partial charge in [-0.1, -0.05) is 6.42 Å². The first kappa shape index (κ1) is 18.6. The molecule has 2 atom stereocenters. The number of carbonyl (C=O) groups is 2. The van der Waals surface area contributed by atoms with Gasteiger partial charge < -0.3 is 14.9 Å². The fourth-order valence-electron chi connectivity index (χ4n) is 4.28. The number of carbonyl (C=O) groups excluding carboxylic acids is 1. The molecule has 3 rings (SSSR count). The highest BCUT2D eigenvalue weighted by atomic mass is 32.2. The lowest BCUT2D eigenvalue weighted by molar-refractivity contribution is -0.142. The fourth-order valence-corrected chi connectivity index (χ4v) is 6.30. The van der Waals surface area contributed by atoms with Crippen LogP contribution in [0.25, 0.3) is 0 Å². The number of hydrogen-bond donors (Lipinski definition) is 1. The van der Waals surface area contributed by atoms with Crippen molar-refractivity contribution in [2.24, 2.45) is 0 Å². The Kier molecular flexibility index (Phi) is 5.65. The standard InChI is InChI=1S/C16H27N3O5S/c20-15(4-7-17-5-2-1-3-6-17)19-9-8-18(10-16(21)22)13-11-25(23,24)12-14(13)19/h13-14H,1-12H2,(H,21,22)/t13-,14+/m0/s1. The molecule has 0 aromatic heterocycles. The number of piperazine rings is 1. The Balaban J connectivity index is 1.63. The predicted octanol–water partition coefficient (Wildman–Crippen LogP) is -0.743. The van der Waals surface area contributed by atoms with Crippen molar-refractivity contribution >= 4 is 21.7 Å². The summed E-state index contributed by atoms with van der Waals surface area (Å²) in [5, 5.41) is 9.04. The van der Waals surface area contributed by atoms with Gasteiger partial charge in [-0.15, -0.1) is 0 Å². The number of carboxylic acid groups (broad SMARTS) is 1. The first-order chi connectivity index (χ1) is 11.9. The number of likely N-dealkylation sites (tertiary alicyclic amines) is 1. The van der Waals surface area contributed by atoms with Crippen LogP contribution in [0.3, 0.4) is 0 Å². The van der Waals surface area contributed by atoms with Crippen molar-refractivity contribution in [2.45, 2.75) is 37.8 Å². The molecule has 1 N–H and O–H groups in total. The summed E-state index contributed by atoms with van der Waals surface area (Å²) in [5.41, 5.74) is 0. The average molecular weight is 373 g/mol. The Morgan fingerprint density at radius 3 is 2.32 bits per heavy atom. The molecule has 0 bridgehead atoms. The smallest absolute Gasteiger partial charge is 0.317 e. The number of piperidine rings is 1. The van der Waals surface area contributed by atoms with Crippen LogP contribution in [-0.2, 0) is 19.4 Å². The Hall–Kier alpha value is -1.19. The summed E-state index contributed by atoms with van der Waals surface area (Å²) in [6.45, 7) is 3.42. The third-order valence-electron chi connectivity index (χ3n) is 5.54. The van der Waals surface area contributed by atoms with E-state index in [1.54, 1.807) is 9.80 Å². The van der Waals surface area contributed by atoms with Crippen LogP contribution < -0.4 is 0 Å². The van der Waals surface area contributed by atoms with Crippen LogP contribution in [-0.4, -0.2) is 103 Å². The third-order valence-corrected chi connectivity index (χ3v) is 7.24. The van der Waals surface area contributed by atoms with Gasteiger partial charge in [0.05, 0.1) is 24.1 Å². The molecule has 0 aromatic rings. The maximum atomic E-state index is 12.7. The highest BCUT2D eigenvalue weighted by Gasteiger charge is 2.48. The Morgan fingerprint density at radius 2 is 1.64 bits per heavy atom. The van der Waals surface area contributed by atoms with Gasteiger partial charge in [0.25, 0.3) is 0 Å². The summed E-state index contributed by atoms with van der Waals surface area (Å²) < 4.78 is 24.2. The van der Waals surface area contributed by atoms with E-state index in [4.69, 9.17) is 5.11 Å². The van der Waals surface area contributed by atoms with Gasteiger partial charge in [0, 0.05) is 32.1 Å². The van der Waals surface area contributed by atoms with E-state index < -0.39 is 27.9 Å². The van der Waals surface area contributed by atoms with Crippen molar-refractivity contribution in [1.82, 2.24) is 14.7 Å². The minimum Gasteiger partial charge on any atom is -0.480 e. The molecule has 25 heavy (non-hydrogen) atoms. The van der Waals surface area contributed by atoms with Gasteiger partial charge in [-0.2, -0.15) is 0 Å². The van der Waals surface area contributed by atoms with Crippen LogP contribution in [0, 0.1) is 0 Å². The normalized spacial score (nSPS) is 30.2. The highest BCUT2D eigenvalue weighted by Crippen LogP contribution is 2.27. The molecule has 3 fully saturated rings. The van der Waals surface area contributed by atoms with Gasteiger partial charge in [0.1, 0.15) is 0 Å². The van der Waals surface area contributed by atoms with E-state index in [1.165, 1.54) is 19.3 Å². The van der Waals surface area contributed by atoms with Crippen LogP contribution in [0.1, 0.15) is 25.7 Å². The summed E-state index contributed by atoms with van der Waals surface area (Å²) in [7, 11) is -3.24. The summed E-state index contributed by atoms with van der Waals surface area (Å²) in [6.07, 6.45) is 4.00. The molecular weight excluding hydrogens is 346 g/mol. The van der Waals surface area contributed by atoms with Crippen LogP contribution >= 0.6 is 0 Å². The number of nitrogens with zero attached hydrogens (tertiary/aromatic N) is 3. The quantitative estimate of drug-likeness (QED) is 0.677. The van der Waals surface area contributed by atoms with E-state index in [-0.39, 0.29) is 24.0 Å². The molecule has 0 aliphatic carbocycles. The van der Waals surface area contributed by atoms with Gasteiger partial charge in [-0.25, -0.2) is 8.42 Å². The van der Waals surface area contributed by atoms with Crippen molar-refractivity contribution in [2.75, 3.05) is 50.8 Å². The molecule has 3 aliphatic heterocycles. The van der Waals surface area contributed by atoms with Gasteiger partial charge in [0.2, 0.25) is 5.91 Å². The zero-order valence-corrected chi connectivity index (χ0v) is 15.3. The zero-order valence-electron chi connectivity index (χ0n) is 14.5. The molecule has 3 saturated heterocycles. The molecule has 1 amide bonds. The van der Waals surface area contributed by atoms with Gasteiger partial charge in [-0.3, -0.25) is 14.5 Å². The number of fused-ring (bicyclic) bond motifs is 1. The Labute approximate surface area is 148 Å². The fraction of sp³-hybridized carbons (Fsp3) is 0.875. The highest BCUT2D eigenvalue weighted by molar-refractivity contribution is 7.91. The Morgan fingerprint density at radius 1 is 0.960 bits per heavy atom. The van der Waals surface area contributed by atoms with Crippen molar-refractivity contribution in [3.05, 3.63) is 0 Å². The van der Waals surface area contributed by atoms with Crippen LogP contribution in [0.15, 0.2) is 0 Å². The second kappa shape index (κ2) is 7.59. The average Bonchev–Trinajstić information content (AvgIpc) is 2.89. The monoisotopic (exact) mass is 373 g/mol. The largest absolute Gasteiger partial charge is 0.480 e. The van der Waals surface area contributed by atoms with E-state index >= 15 is 0 Å². The van der Waals surface area contributed by atoms with E-state index in [2.05, 4.69) is 4.90 Å². The SMILES string of the molecule is O=C(O)CN1CCN(C(=O)CCN2CCCCC2)[C@@H]2CS(=O)(=O)C[C@@H]21. The molecule has 0 aromatic carbocycles. The van der Waals surface area contributed by atoms with Gasteiger partial charge in [-0.05, 0) is 25.9 Å². The topological polar surface area (TPSA) is 98.2 Å². The van der Waals surface area contributed by atoms with Gasteiger partial charge >= 0.3 is 5.97 Å². The minimum atomic E-state index is -3.24. The molecule has 9 heteroatoms. The van der Waals surface area contributed by atoms with E-state index in [0.29, 0.717) is 19.5 Å². The molecule has 3 heterocycles. The van der Waals surface area contributed by atoms with Crippen molar-refractivity contribution < 1.29 is 23.1 Å². The second-order valence-corrected chi connectivity index (χ2v) is 9.47. The number of sulfone groups is 1. The number of carboxylic acids is 1. The first-order valence-corrected chi connectivity index (χ1v) is 10.9. The van der Waals surface area contributed by atoms with Crippen molar-refractivity contribution in [1.29, 1.82) is 0 Å². The minimum absolute atomic E-state index is 0.00681. The number of aliphatic carboxylic acids is 1. The maximum absolute atomic E-state index is 12.7. The molecule has 142 valence electrons. The molecular formula is C16H27N3O5S. The summed E-state index contributed by atoms with van der Waals surface area (Å²) in [5.74, 6) is -1.08. The predicted molar refractivity (Wildman–Crippen MR) is 92.1 cm³/mol. The number of rotatable bonds is 5. The molecule has 3 aliphatic rings. The summed E-state index contributed by atoms with van der Waals surface area (Å²) in [6, 6.07) is -0.805. The molecule has 0 saturated carbocycles. The van der Waals surface area contributed by atoms with Crippen LogP contribution in [0.5, 0.6) is 0 Å². The molecule has 0 spiro atoms. The number of hydrogen-bond acceptors (Lipinski definition) is 6. The van der Waals surface area contributed by atoms with Gasteiger partial charge in [0.15, 0.2) is 9.84 Å². The van der Waals surface area contributed by atoms with Crippen molar-refractivity contribution in [3.63, 3.8) is 0 Å². The Bertz CT molecular complexity index is 617. The lowest BCUT2D eigenvalue weighted by atomic mass is 10.0. The summed E-state index contributed by atoms with van der Waals surface area (Å²) in [4.78, 5) is 29.4. The molecule has 8 nitrogen and oxygen atoms in total. The lowest BCUT2D eigenvalue weighted by Gasteiger charge is -2.43. The number of amides is 1. The molecule has 0 unspecified atom stereocenters. The maximum Gasteiger partial charge on any atom is 0.317 e. The molecule has 0 radical (unpaired) electrons.